The zero-order valence-electron chi connectivity index (χ0n) is 8.82. The van der Waals surface area contributed by atoms with Crippen LogP contribution in [0.1, 0.15) is 24.8 Å². The van der Waals surface area contributed by atoms with E-state index < -0.39 is 0 Å². The predicted octanol–water partition coefficient (Wildman–Crippen LogP) is 2.59. The predicted molar refractivity (Wildman–Crippen MR) is 61.7 cm³/mol. The molecule has 1 aromatic rings. The largest absolute Gasteiger partial charge is 0.508 e. The van der Waals surface area contributed by atoms with Crippen LogP contribution in [-0.4, -0.2) is 11.1 Å². The SMILES string of the molecule is Oc1ccc(CNC2C=CCCC2)cc1. The topological polar surface area (TPSA) is 32.3 Å². The van der Waals surface area contributed by atoms with Crippen molar-refractivity contribution in [2.75, 3.05) is 0 Å². The quantitative estimate of drug-likeness (QED) is 0.740. The maximum Gasteiger partial charge on any atom is 0.115 e. The first-order chi connectivity index (χ1) is 7.34. The Hall–Kier alpha value is -1.28. The molecule has 0 saturated carbocycles. The Balaban J connectivity index is 1.84. The van der Waals surface area contributed by atoms with Gasteiger partial charge in [0.05, 0.1) is 0 Å². The molecule has 2 N–H and O–H groups in total. The monoisotopic (exact) mass is 203 g/mol. The molecule has 1 atom stereocenters. The molecule has 0 aliphatic heterocycles. The smallest absolute Gasteiger partial charge is 0.115 e. The second-order valence-electron chi connectivity index (χ2n) is 4.01. The van der Waals surface area contributed by atoms with Crippen LogP contribution in [0.15, 0.2) is 36.4 Å². The van der Waals surface area contributed by atoms with Crippen LogP contribution >= 0.6 is 0 Å². The fraction of sp³-hybridized carbons (Fsp3) is 0.385. The molecule has 0 fully saturated rings. The molecule has 1 aliphatic rings. The Labute approximate surface area is 90.6 Å². The van der Waals surface area contributed by atoms with Crippen molar-refractivity contribution in [1.82, 2.24) is 5.32 Å². The van der Waals surface area contributed by atoms with E-state index in [0.717, 1.165) is 6.54 Å². The van der Waals surface area contributed by atoms with Crippen molar-refractivity contribution in [3.05, 3.63) is 42.0 Å². The van der Waals surface area contributed by atoms with Gasteiger partial charge in [0.15, 0.2) is 0 Å². The van der Waals surface area contributed by atoms with Crippen LogP contribution < -0.4 is 5.32 Å². The fourth-order valence-corrected chi connectivity index (χ4v) is 1.85. The van der Waals surface area contributed by atoms with E-state index >= 15 is 0 Å². The summed E-state index contributed by atoms with van der Waals surface area (Å²) in [5.74, 6) is 0.330. The maximum atomic E-state index is 9.14. The summed E-state index contributed by atoms with van der Waals surface area (Å²) in [7, 11) is 0. The van der Waals surface area contributed by atoms with Crippen molar-refractivity contribution in [2.45, 2.75) is 31.8 Å². The lowest BCUT2D eigenvalue weighted by Crippen LogP contribution is -2.27. The molecule has 0 radical (unpaired) electrons. The van der Waals surface area contributed by atoms with Crippen LogP contribution in [0.2, 0.25) is 0 Å². The van der Waals surface area contributed by atoms with Gasteiger partial charge in [-0.1, -0.05) is 24.3 Å². The third kappa shape index (κ3) is 3.10. The second kappa shape index (κ2) is 4.99. The Morgan fingerprint density at radius 3 is 2.73 bits per heavy atom. The van der Waals surface area contributed by atoms with Crippen LogP contribution in [0.25, 0.3) is 0 Å². The van der Waals surface area contributed by atoms with E-state index in [1.54, 1.807) is 12.1 Å². The molecule has 0 bridgehead atoms. The molecule has 2 nitrogen and oxygen atoms in total. The van der Waals surface area contributed by atoms with E-state index in [0.29, 0.717) is 11.8 Å². The molecule has 0 amide bonds. The number of hydrogen-bond acceptors (Lipinski definition) is 2. The number of hydrogen-bond donors (Lipinski definition) is 2. The van der Waals surface area contributed by atoms with Crippen LogP contribution in [0.3, 0.4) is 0 Å². The molecular weight excluding hydrogens is 186 g/mol. The van der Waals surface area contributed by atoms with Gasteiger partial charge in [0, 0.05) is 12.6 Å². The number of allylic oxidation sites excluding steroid dienone is 1. The Morgan fingerprint density at radius 2 is 2.07 bits per heavy atom. The van der Waals surface area contributed by atoms with E-state index in [9.17, 15) is 0 Å². The summed E-state index contributed by atoms with van der Waals surface area (Å²) in [6.07, 6.45) is 8.23. The van der Waals surface area contributed by atoms with Crippen molar-refractivity contribution in [3.8, 4) is 5.75 Å². The minimum atomic E-state index is 0.330. The molecule has 1 unspecified atom stereocenters. The van der Waals surface area contributed by atoms with Gasteiger partial charge in [-0.2, -0.15) is 0 Å². The minimum Gasteiger partial charge on any atom is -0.508 e. The van der Waals surface area contributed by atoms with Crippen molar-refractivity contribution in [2.24, 2.45) is 0 Å². The van der Waals surface area contributed by atoms with Crippen LogP contribution in [0.4, 0.5) is 0 Å². The zero-order valence-corrected chi connectivity index (χ0v) is 8.82. The van der Waals surface area contributed by atoms with E-state index in [2.05, 4.69) is 17.5 Å². The van der Waals surface area contributed by atoms with Gasteiger partial charge in [-0.3, -0.25) is 0 Å². The fourth-order valence-electron chi connectivity index (χ4n) is 1.85. The molecule has 80 valence electrons. The van der Waals surface area contributed by atoms with Gasteiger partial charge in [0.1, 0.15) is 5.75 Å². The van der Waals surface area contributed by atoms with Gasteiger partial charge in [-0.25, -0.2) is 0 Å². The third-order valence-corrected chi connectivity index (χ3v) is 2.76. The normalized spacial score (nSPS) is 20.4. The molecule has 1 aliphatic carbocycles. The lowest BCUT2D eigenvalue weighted by molar-refractivity contribution is 0.474. The Morgan fingerprint density at radius 1 is 1.27 bits per heavy atom. The zero-order chi connectivity index (χ0) is 10.5. The average molecular weight is 203 g/mol. The molecule has 0 heterocycles. The van der Waals surface area contributed by atoms with Crippen molar-refractivity contribution >= 4 is 0 Å². The average Bonchev–Trinajstić information content (AvgIpc) is 2.30. The molecule has 2 heteroatoms. The van der Waals surface area contributed by atoms with Crippen LogP contribution in [0.5, 0.6) is 5.75 Å². The molecule has 2 rings (SSSR count). The van der Waals surface area contributed by atoms with Gasteiger partial charge in [-0.15, -0.1) is 0 Å². The van der Waals surface area contributed by atoms with Crippen molar-refractivity contribution in [1.29, 1.82) is 0 Å². The number of phenolic OH excluding ortho intramolecular Hbond substituents is 1. The molecule has 1 aromatic carbocycles. The highest BCUT2D eigenvalue weighted by molar-refractivity contribution is 5.25. The summed E-state index contributed by atoms with van der Waals surface area (Å²) >= 11 is 0. The van der Waals surface area contributed by atoms with Crippen LogP contribution in [-0.2, 0) is 6.54 Å². The first-order valence-corrected chi connectivity index (χ1v) is 5.52. The van der Waals surface area contributed by atoms with E-state index in [1.807, 2.05) is 12.1 Å². The highest BCUT2D eigenvalue weighted by Crippen LogP contribution is 2.12. The highest BCUT2D eigenvalue weighted by Gasteiger charge is 2.06. The van der Waals surface area contributed by atoms with Gasteiger partial charge >= 0.3 is 0 Å². The highest BCUT2D eigenvalue weighted by atomic mass is 16.3. The summed E-state index contributed by atoms with van der Waals surface area (Å²) in [5.41, 5.74) is 1.21. The summed E-state index contributed by atoms with van der Waals surface area (Å²) < 4.78 is 0. The lowest BCUT2D eigenvalue weighted by atomic mass is 10.0. The van der Waals surface area contributed by atoms with Crippen molar-refractivity contribution in [3.63, 3.8) is 0 Å². The number of nitrogens with one attached hydrogen (secondary N) is 1. The van der Waals surface area contributed by atoms with Gasteiger partial charge < -0.3 is 10.4 Å². The minimum absolute atomic E-state index is 0.330. The first-order valence-electron chi connectivity index (χ1n) is 5.52. The molecular formula is C13H17NO. The Bertz CT molecular complexity index is 329. The Kier molecular flexibility index (Phi) is 3.41. The molecule has 0 spiro atoms. The second-order valence-corrected chi connectivity index (χ2v) is 4.01. The van der Waals surface area contributed by atoms with E-state index in [1.165, 1.54) is 24.8 Å². The standard InChI is InChI=1S/C13H17NO/c15-13-8-6-11(7-9-13)10-14-12-4-2-1-3-5-12/h2,4,6-9,12,14-15H,1,3,5,10H2. The van der Waals surface area contributed by atoms with Gasteiger partial charge in [0.2, 0.25) is 0 Å². The summed E-state index contributed by atoms with van der Waals surface area (Å²) in [6.45, 7) is 0.870. The number of rotatable bonds is 3. The lowest BCUT2D eigenvalue weighted by Gasteiger charge is -2.17. The summed E-state index contributed by atoms with van der Waals surface area (Å²) in [4.78, 5) is 0. The van der Waals surface area contributed by atoms with Crippen molar-refractivity contribution < 1.29 is 5.11 Å². The van der Waals surface area contributed by atoms with Gasteiger partial charge in [0.25, 0.3) is 0 Å². The number of phenols is 1. The molecule has 15 heavy (non-hydrogen) atoms. The van der Waals surface area contributed by atoms with Crippen LogP contribution in [0, 0.1) is 0 Å². The first kappa shape index (κ1) is 10.2. The summed E-state index contributed by atoms with van der Waals surface area (Å²) in [6, 6.07) is 7.89. The number of benzene rings is 1. The van der Waals surface area contributed by atoms with E-state index in [-0.39, 0.29) is 0 Å². The van der Waals surface area contributed by atoms with E-state index in [4.69, 9.17) is 5.11 Å². The van der Waals surface area contributed by atoms with Gasteiger partial charge in [-0.05, 0) is 37.0 Å². The summed E-state index contributed by atoms with van der Waals surface area (Å²) in [5, 5.41) is 12.6. The number of aromatic hydroxyl groups is 1. The third-order valence-electron chi connectivity index (χ3n) is 2.76. The maximum absolute atomic E-state index is 9.14. The molecule has 0 aromatic heterocycles. The molecule has 0 saturated heterocycles.